The molecular formula is C24H27Cl2HfP. The predicted molar refractivity (Wildman–Crippen MR) is 113 cm³/mol. The Morgan fingerprint density at radius 2 is 1.36 bits per heavy atom. The topological polar surface area (TPSA) is 0 Å². The Morgan fingerprint density at radius 1 is 0.786 bits per heavy atom. The maximum absolute atomic E-state index is 2.59. The normalized spacial score (nSPS) is 19.0. The van der Waals surface area contributed by atoms with Crippen molar-refractivity contribution in [1.29, 1.82) is 0 Å². The summed E-state index contributed by atoms with van der Waals surface area (Å²) in [6.45, 7) is 9.74. The standard InChI is InChI=1S/C15H20P.C9H7.2ClH.Hf/c1-11(2)16(12(3)4)15-9-13-7-5-6-8-14(13)10-15;1-2-5-9-7-3-6-8(9)4-1;;;/h5-12H,1-4H3;1-7H;2*1H;/q;;;;+2/p-2. The van der Waals surface area contributed by atoms with E-state index in [2.05, 4.69) is 94.5 Å². The summed E-state index contributed by atoms with van der Waals surface area (Å²) in [6.07, 6.45) is 7.47. The van der Waals surface area contributed by atoms with Gasteiger partial charge in [-0.05, 0) is 0 Å². The van der Waals surface area contributed by atoms with E-state index < -0.39 is 22.9 Å². The van der Waals surface area contributed by atoms with Crippen LogP contribution in [-0.4, -0.2) is 11.3 Å². The third-order valence-electron chi connectivity index (χ3n) is 5.46. The molecular weight excluding hydrogens is 569 g/mol. The van der Waals surface area contributed by atoms with Crippen molar-refractivity contribution in [1.82, 2.24) is 0 Å². The van der Waals surface area contributed by atoms with Gasteiger partial charge in [-0.3, -0.25) is 0 Å². The zero-order chi connectivity index (χ0) is 18.3. The van der Waals surface area contributed by atoms with Crippen LogP contribution in [0, 0.1) is 0 Å². The van der Waals surface area contributed by atoms with E-state index >= 15 is 0 Å². The van der Waals surface area contributed by atoms with Gasteiger partial charge in [-0.15, -0.1) is 0 Å². The fraction of sp³-hybridized carbons (Fsp3) is 0.333. The van der Waals surface area contributed by atoms with Crippen LogP contribution in [0.4, 0.5) is 0 Å². The summed E-state index contributed by atoms with van der Waals surface area (Å²) in [7, 11) is -0.0673. The third-order valence-corrected chi connectivity index (χ3v) is 16.1. The number of hydrogen-bond donors (Lipinski definition) is 0. The van der Waals surface area contributed by atoms with Gasteiger partial charge in [-0.25, -0.2) is 0 Å². The minimum absolute atomic E-state index is 0. The van der Waals surface area contributed by atoms with Gasteiger partial charge in [0.15, 0.2) is 0 Å². The molecule has 0 spiro atoms. The van der Waals surface area contributed by atoms with Crippen molar-refractivity contribution in [2.75, 3.05) is 0 Å². The first-order valence-electron chi connectivity index (χ1n) is 9.68. The maximum Gasteiger partial charge on any atom is -1.00 e. The molecule has 0 saturated carbocycles. The van der Waals surface area contributed by atoms with Crippen molar-refractivity contribution >= 4 is 20.1 Å². The van der Waals surface area contributed by atoms with Crippen molar-refractivity contribution in [3.05, 3.63) is 82.2 Å². The molecule has 4 heteroatoms. The summed E-state index contributed by atoms with van der Waals surface area (Å²) in [5, 5.41) is 1.81. The predicted octanol–water partition coefficient (Wildman–Crippen LogP) is 1.24. The molecule has 4 rings (SSSR count). The van der Waals surface area contributed by atoms with Crippen molar-refractivity contribution in [2.24, 2.45) is 0 Å². The zero-order valence-corrected chi connectivity index (χ0v) is 22.9. The monoisotopic (exact) mass is 596 g/mol. The van der Waals surface area contributed by atoms with E-state index in [-0.39, 0.29) is 32.7 Å². The first-order valence-corrected chi connectivity index (χ1v) is 15.3. The summed E-state index contributed by atoms with van der Waals surface area (Å²) in [5.41, 5.74) is 7.72. The number of hydrogen-bond acceptors (Lipinski definition) is 0. The summed E-state index contributed by atoms with van der Waals surface area (Å²) in [6, 6.07) is 18.2. The molecule has 2 unspecified atom stereocenters. The number of halogens is 2. The number of allylic oxidation sites excluding steroid dienone is 2. The summed E-state index contributed by atoms with van der Waals surface area (Å²) < 4.78 is 1.50. The molecule has 0 N–H and O–H groups in total. The quantitative estimate of drug-likeness (QED) is 0.361. The van der Waals surface area contributed by atoms with Crippen LogP contribution in [0.3, 0.4) is 0 Å². The number of benzene rings is 2. The van der Waals surface area contributed by atoms with Crippen molar-refractivity contribution in [2.45, 2.75) is 46.4 Å². The van der Waals surface area contributed by atoms with Crippen LogP contribution in [-0.2, 0) is 22.9 Å². The van der Waals surface area contributed by atoms with Gasteiger partial charge < -0.3 is 24.8 Å². The van der Waals surface area contributed by atoms with Gasteiger partial charge >= 0.3 is 172 Å². The van der Waals surface area contributed by atoms with E-state index in [4.69, 9.17) is 0 Å². The van der Waals surface area contributed by atoms with Gasteiger partial charge in [0.25, 0.3) is 0 Å². The molecule has 0 bridgehead atoms. The van der Waals surface area contributed by atoms with Crippen LogP contribution >= 0.6 is 7.92 Å². The molecule has 0 fully saturated rings. The number of fused-ring (bicyclic) bond motifs is 2. The SMILES string of the molecule is CC(C)P(C1=Cc2ccccc2[CH]1[Hf+2][CH]1C=Cc2ccccc21)C(C)C.[Cl-].[Cl-]. The van der Waals surface area contributed by atoms with E-state index in [0.717, 1.165) is 18.7 Å². The zero-order valence-electron chi connectivity index (χ0n) is 16.9. The van der Waals surface area contributed by atoms with Gasteiger partial charge in [0.1, 0.15) is 0 Å². The molecule has 0 amide bonds. The van der Waals surface area contributed by atoms with Crippen molar-refractivity contribution < 1.29 is 47.7 Å². The minimum atomic E-state index is -0.966. The molecule has 2 aliphatic carbocycles. The second kappa shape index (κ2) is 10.2. The molecule has 28 heavy (non-hydrogen) atoms. The smallest absolute Gasteiger partial charge is 1.00 e. The minimum Gasteiger partial charge on any atom is -1.00 e. The van der Waals surface area contributed by atoms with Crippen molar-refractivity contribution in [3.63, 3.8) is 0 Å². The van der Waals surface area contributed by atoms with Gasteiger partial charge in [-0.1, -0.05) is 0 Å². The van der Waals surface area contributed by atoms with Crippen LogP contribution < -0.4 is 24.8 Å². The van der Waals surface area contributed by atoms with E-state index in [1.165, 1.54) is 11.1 Å². The van der Waals surface area contributed by atoms with Crippen LogP contribution in [0.1, 0.15) is 57.3 Å². The Bertz CT molecular complexity index is 864. The second-order valence-electron chi connectivity index (χ2n) is 7.86. The fourth-order valence-electron chi connectivity index (χ4n) is 4.47. The van der Waals surface area contributed by atoms with Gasteiger partial charge in [0.2, 0.25) is 0 Å². The molecule has 2 atom stereocenters. The van der Waals surface area contributed by atoms with Crippen LogP contribution in [0.5, 0.6) is 0 Å². The average Bonchev–Trinajstić information content (AvgIpc) is 3.17. The molecule has 0 heterocycles. The summed E-state index contributed by atoms with van der Waals surface area (Å²) in [4.78, 5) is 0. The van der Waals surface area contributed by atoms with Gasteiger partial charge in [0, 0.05) is 0 Å². The average molecular weight is 596 g/mol. The maximum atomic E-state index is 2.59. The molecule has 0 nitrogen and oxygen atoms in total. The van der Waals surface area contributed by atoms with Gasteiger partial charge in [0.05, 0.1) is 0 Å². The van der Waals surface area contributed by atoms with E-state index in [1.54, 1.807) is 11.1 Å². The second-order valence-corrected chi connectivity index (χ2v) is 16.8. The van der Waals surface area contributed by atoms with Crippen molar-refractivity contribution in [3.8, 4) is 0 Å². The third kappa shape index (κ3) is 4.59. The molecule has 146 valence electrons. The molecule has 2 aromatic rings. The van der Waals surface area contributed by atoms with Crippen LogP contribution in [0.2, 0.25) is 0 Å². The Hall–Kier alpha value is -0.200. The summed E-state index contributed by atoms with van der Waals surface area (Å²) >= 11 is -0.966. The molecule has 0 aliphatic heterocycles. The molecule has 2 aromatic carbocycles. The van der Waals surface area contributed by atoms with Crippen LogP contribution in [0.15, 0.2) is 59.9 Å². The Morgan fingerprint density at radius 3 is 2.00 bits per heavy atom. The first-order chi connectivity index (χ1) is 12.6. The molecule has 2 aliphatic rings. The first kappa shape index (κ1) is 24.1. The Balaban J connectivity index is 0.00000140. The van der Waals surface area contributed by atoms with Crippen LogP contribution in [0.25, 0.3) is 12.2 Å². The van der Waals surface area contributed by atoms with E-state index in [9.17, 15) is 0 Å². The number of rotatable bonds is 5. The van der Waals surface area contributed by atoms with Gasteiger partial charge in [-0.2, -0.15) is 0 Å². The van der Waals surface area contributed by atoms with E-state index in [0.29, 0.717) is 0 Å². The summed E-state index contributed by atoms with van der Waals surface area (Å²) in [5.74, 6) is 0. The largest absolute Gasteiger partial charge is 1.00 e. The van der Waals surface area contributed by atoms with E-state index in [1.807, 2.05) is 5.31 Å². The Labute approximate surface area is 195 Å². The Kier molecular flexibility index (Phi) is 8.78. The molecule has 0 radical (unpaired) electrons. The molecule has 0 saturated heterocycles. The molecule has 0 aromatic heterocycles. The fourth-order valence-corrected chi connectivity index (χ4v) is 15.9.